The Morgan fingerprint density at radius 3 is 2.80 bits per heavy atom. The molecule has 2 aromatic rings. The van der Waals surface area contributed by atoms with Crippen LogP contribution < -0.4 is 10.4 Å². The molecule has 1 N–H and O–H groups in total. The highest BCUT2D eigenvalue weighted by Gasteiger charge is 2.24. The second kappa shape index (κ2) is 4.67. The van der Waals surface area contributed by atoms with Gasteiger partial charge in [0, 0.05) is 17.7 Å². The van der Waals surface area contributed by atoms with Crippen molar-refractivity contribution in [2.24, 2.45) is 0 Å². The lowest BCUT2D eigenvalue weighted by Crippen LogP contribution is -2.16. The summed E-state index contributed by atoms with van der Waals surface area (Å²) in [4.78, 5) is 23.0. The third kappa shape index (κ3) is 1.95. The van der Waals surface area contributed by atoms with E-state index in [0.29, 0.717) is 29.4 Å². The largest absolute Gasteiger partial charge is 0.507 e. The first-order valence-electron chi connectivity index (χ1n) is 6.62. The Balaban J connectivity index is 2.36. The fourth-order valence-corrected chi connectivity index (χ4v) is 2.63. The Hall–Kier alpha value is -2.30. The number of aryl methyl sites for hydroxylation is 2. The van der Waals surface area contributed by atoms with E-state index in [1.54, 1.807) is 0 Å². The number of aromatic hydroxyl groups is 1. The number of hydrogen-bond donors (Lipinski definition) is 1. The van der Waals surface area contributed by atoms with E-state index in [-0.39, 0.29) is 23.9 Å². The van der Waals surface area contributed by atoms with Crippen molar-refractivity contribution in [3.8, 4) is 11.5 Å². The van der Waals surface area contributed by atoms with Crippen LogP contribution in [-0.2, 0) is 17.6 Å². The second-order valence-electron chi connectivity index (χ2n) is 4.89. The second-order valence-corrected chi connectivity index (χ2v) is 4.89. The summed E-state index contributed by atoms with van der Waals surface area (Å²) in [6, 6.07) is 2.83. The lowest BCUT2D eigenvalue weighted by molar-refractivity contribution is -0.135. The van der Waals surface area contributed by atoms with E-state index in [2.05, 4.69) is 0 Å². The molecular formula is C15H14O5. The van der Waals surface area contributed by atoms with Gasteiger partial charge in [-0.3, -0.25) is 4.79 Å². The smallest absolute Gasteiger partial charge is 0.336 e. The van der Waals surface area contributed by atoms with Gasteiger partial charge in [0.1, 0.15) is 17.1 Å². The predicted octanol–water partition coefficient (Wildman–Crippen LogP) is 2.30. The summed E-state index contributed by atoms with van der Waals surface area (Å²) in [5, 5.41) is 10.7. The molecule has 0 spiro atoms. The molecule has 1 aromatic carbocycles. The van der Waals surface area contributed by atoms with Gasteiger partial charge in [-0.1, -0.05) is 13.3 Å². The molecule has 0 amide bonds. The van der Waals surface area contributed by atoms with Gasteiger partial charge in [-0.2, -0.15) is 0 Å². The van der Waals surface area contributed by atoms with Crippen LogP contribution in [0.5, 0.6) is 11.5 Å². The Morgan fingerprint density at radius 2 is 2.05 bits per heavy atom. The highest BCUT2D eigenvalue weighted by Crippen LogP contribution is 2.39. The lowest BCUT2D eigenvalue weighted by Gasteiger charge is -2.18. The van der Waals surface area contributed by atoms with Crippen LogP contribution >= 0.6 is 0 Å². The van der Waals surface area contributed by atoms with Crippen LogP contribution in [0.25, 0.3) is 11.0 Å². The fourth-order valence-electron chi connectivity index (χ4n) is 2.63. The Bertz CT molecular complexity index is 757. The van der Waals surface area contributed by atoms with Gasteiger partial charge >= 0.3 is 11.6 Å². The van der Waals surface area contributed by atoms with Crippen molar-refractivity contribution in [3.05, 3.63) is 33.7 Å². The predicted molar refractivity (Wildman–Crippen MR) is 72.1 cm³/mol. The van der Waals surface area contributed by atoms with E-state index in [1.165, 1.54) is 12.1 Å². The number of phenolic OH excluding ortho intramolecular Hbond substituents is 1. The molecule has 0 atom stereocenters. The molecule has 104 valence electrons. The molecule has 1 aliphatic rings. The van der Waals surface area contributed by atoms with Crippen LogP contribution in [0.15, 0.2) is 21.3 Å². The topological polar surface area (TPSA) is 76.7 Å². The molecule has 0 saturated heterocycles. The zero-order valence-electron chi connectivity index (χ0n) is 11.1. The molecule has 0 bridgehead atoms. The van der Waals surface area contributed by atoms with Crippen molar-refractivity contribution in [3.63, 3.8) is 0 Å². The van der Waals surface area contributed by atoms with E-state index < -0.39 is 5.63 Å². The van der Waals surface area contributed by atoms with Gasteiger partial charge in [0.05, 0.1) is 11.8 Å². The van der Waals surface area contributed by atoms with Crippen molar-refractivity contribution in [1.82, 2.24) is 0 Å². The maximum Gasteiger partial charge on any atom is 0.336 e. The number of carbonyl (C=O) groups excluding carboxylic acids is 1. The van der Waals surface area contributed by atoms with Crippen LogP contribution in [0, 0.1) is 0 Å². The van der Waals surface area contributed by atoms with Gasteiger partial charge in [-0.15, -0.1) is 0 Å². The molecule has 1 aromatic heterocycles. The highest BCUT2D eigenvalue weighted by atomic mass is 16.5. The minimum absolute atomic E-state index is 0.0272. The third-order valence-electron chi connectivity index (χ3n) is 3.46. The first-order valence-corrected chi connectivity index (χ1v) is 6.62. The number of hydrogen-bond acceptors (Lipinski definition) is 5. The fraction of sp³-hybridized carbons (Fsp3) is 0.333. The summed E-state index contributed by atoms with van der Waals surface area (Å²) < 4.78 is 10.4. The number of benzene rings is 1. The molecular weight excluding hydrogens is 260 g/mol. The quantitative estimate of drug-likeness (QED) is 0.516. The van der Waals surface area contributed by atoms with E-state index >= 15 is 0 Å². The zero-order valence-corrected chi connectivity index (χ0v) is 11.1. The van der Waals surface area contributed by atoms with Gasteiger partial charge in [0.2, 0.25) is 0 Å². The molecule has 20 heavy (non-hydrogen) atoms. The number of fused-ring (bicyclic) bond motifs is 3. The molecule has 3 rings (SSSR count). The SMILES string of the molecule is CCCc1cc(=O)oc2c3c(cc(O)c12)OC(=O)CC3. The summed E-state index contributed by atoms with van der Waals surface area (Å²) in [5.74, 6) is -0.0907. The highest BCUT2D eigenvalue weighted by molar-refractivity contribution is 5.93. The summed E-state index contributed by atoms with van der Waals surface area (Å²) >= 11 is 0. The molecule has 0 unspecified atom stereocenters. The first kappa shape index (κ1) is 12.7. The van der Waals surface area contributed by atoms with Crippen molar-refractivity contribution < 1.29 is 19.1 Å². The maximum absolute atomic E-state index is 11.7. The summed E-state index contributed by atoms with van der Waals surface area (Å²) in [7, 11) is 0. The minimum Gasteiger partial charge on any atom is -0.507 e. The Kier molecular flexibility index (Phi) is 2.97. The van der Waals surface area contributed by atoms with Crippen LogP contribution in [0.1, 0.15) is 30.9 Å². The van der Waals surface area contributed by atoms with Gasteiger partial charge in [-0.05, 0) is 18.4 Å². The zero-order chi connectivity index (χ0) is 14.3. The Morgan fingerprint density at radius 1 is 1.25 bits per heavy atom. The number of rotatable bonds is 2. The summed E-state index contributed by atoms with van der Waals surface area (Å²) in [5.41, 5.74) is 1.32. The summed E-state index contributed by atoms with van der Waals surface area (Å²) in [6.45, 7) is 2.00. The van der Waals surface area contributed by atoms with Crippen LogP contribution in [0.4, 0.5) is 0 Å². The molecule has 5 nitrogen and oxygen atoms in total. The van der Waals surface area contributed by atoms with E-state index in [0.717, 1.165) is 12.0 Å². The Labute approximate surface area is 114 Å². The molecule has 0 fully saturated rings. The van der Waals surface area contributed by atoms with Crippen LogP contribution in [0.3, 0.4) is 0 Å². The van der Waals surface area contributed by atoms with Crippen molar-refractivity contribution in [2.45, 2.75) is 32.6 Å². The van der Waals surface area contributed by atoms with Gasteiger partial charge in [-0.25, -0.2) is 4.79 Å². The summed E-state index contributed by atoms with van der Waals surface area (Å²) in [6.07, 6.45) is 2.22. The van der Waals surface area contributed by atoms with Gasteiger partial charge in [0.25, 0.3) is 0 Å². The molecule has 0 radical (unpaired) electrons. The number of phenols is 1. The number of ether oxygens (including phenoxy) is 1. The molecule has 1 aliphatic heterocycles. The standard InChI is InChI=1S/C15H14O5/c1-2-3-8-6-13(18)20-15-9-4-5-12(17)19-11(9)7-10(16)14(8)15/h6-7,16H,2-5H2,1H3. The number of carbonyl (C=O) groups is 1. The molecule has 0 aliphatic carbocycles. The van der Waals surface area contributed by atoms with Crippen molar-refractivity contribution >= 4 is 16.9 Å². The van der Waals surface area contributed by atoms with Crippen LogP contribution in [-0.4, -0.2) is 11.1 Å². The normalized spacial score (nSPS) is 14.2. The van der Waals surface area contributed by atoms with Gasteiger partial charge < -0.3 is 14.3 Å². The average molecular weight is 274 g/mol. The van der Waals surface area contributed by atoms with E-state index in [4.69, 9.17) is 9.15 Å². The minimum atomic E-state index is -0.453. The van der Waals surface area contributed by atoms with E-state index in [1.807, 2.05) is 6.92 Å². The molecule has 2 heterocycles. The first-order chi connectivity index (χ1) is 9.60. The van der Waals surface area contributed by atoms with Crippen LogP contribution in [0.2, 0.25) is 0 Å². The average Bonchev–Trinajstić information content (AvgIpc) is 2.37. The monoisotopic (exact) mass is 274 g/mol. The van der Waals surface area contributed by atoms with Crippen molar-refractivity contribution in [1.29, 1.82) is 0 Å². The lowest BCUT2D eigenvalue weighted by atomic mass is 9.98. The van der Waals surface area contributed by atoms with Crippen molar-refractivity contribution in [2.75, 3.05) is 0 Å². The maximum atomic E-state index is 11.7. The van der Waals surface area contributed by atoms with Gasteiger partial charge in [0.15, 0.2) is 0 Å². The van der Waals surface area contributed by atoms with E-state index in [9.17, 15) is 14.7 Å². The number of esters is 1. The molecule has 5 heteroatoms. The third-order valence-corrected chi connectivity index (χ3v) is 3.46. The molecule has 0 saturated carbocycles.